The zero-order valence-electron chi connectivity index (χ0n) is 18.1. The van der Waals surface area contributed by atoms with E-state index in [9.17, 15) is 18.0 Å². The van der Waals surface area contributed by atoms with Crippen molar-refractivity contribution in [1.82, 2.24) is 29.9 Å². The molecule has 0 spiro atoms. The van der Waals surface area contributed by atoms with Crippen molar-refractivity contribution in [1.29, 1.82) is 0 Å². The molecule has 0 unspecified atom stereocenters. The fourth-order valence-electron chi connectivity index (χ4n) is 3.55. The highest BCUT2D eigenvalue weighted by Crippen LogP contribution is 2.29. The second-order valence-corrected chi connectivity index (χ2v) is 7.40. The average Bonchev–Trinajstić information content (AvgIpc) is 3.20. The SMILES string of the molecule is CCOc1ccc(-n2ncc(C(=O)N3CCN(c4ccc(C(F)(F)F)cn4)CC3)c2C)nn1. The monoisotopic (exact) mass is 461 g/mol. The number of ether oxygens (including phenoxy) is 1. The third-order valence-electron chi connectivity index (χ3n) is 5.34. The molecule has 0 aromatic carbocycles. The largest absolute Gasteiger partial charge is 0.477 e. The van der Waals surface area contributed by atoms with E-state index in [1.165, 1.54) is 12.3 Å². The molecular formula is C21H22F3N7O2. The second kappa shape index (κ2) is 9.04. The Kier molecular flexibility index (Phi) is 6.16. The first-order valence-corrected chi connectivity index (χ1v) is 10.4. The Labute approximate surface area is 187 Å². The summed E-state index contributed by atoms with van der Waals surface area (Å²) in [5.41, 5.74) is 0.293. The van der Waals surface area contributed by atoms with E-state index in [-0.39, 0.29) is 5.91 Å². The number of anilines is 1. The molecule has 1 saturated heterocycles. The van der Waals surface area contributed by atoms with Crippen molar-refractivity contribution in [3.63, 3.8) is 0 Å². The standard InChI is InChI=1S/C21H22F3N7O2/c1-3-33-19-7-6-18(27-28-19)31-14(2)16(13-26-31)20(32)30-10-8-29(9-11-30)17-5-4-15(12-25-17)21(22,23)24/h4-7,12-13H,3,8-11H2,1-2H3. The van der Waals surface area contributed by atoms with Crippen LogP contribution in [-0.4, -0.2) is 68.6 Å². The number of pyridine rings is 1. The third-order valence-corrected chi connectivity index (χ3v) is 5.34. The van der Waals surface area contributed by atoms with Crippen molar-refractivity contribution < 1.29 is 22.7 Å². The summed E-state index contributed by atoms with van der Waals surface area (Å²) in [6.07, 6.45) is -2.09. The Morgan fingerprint density at radius 2 is 1.76 bits per heavy atom. The molecule has 1 fully saturated rings. The summed E-state index contributed by atoms with van der Waals surface area (Å²) < 4.78 is 45.0. The summed E-state index contributed by atoms with van der Waals surface area (Å²) in [7, 11) is 0. The molecule has 174 valence electrons. The van der Waals surface area contributed by atoms with Gasteiger partial charge in [-0.3, -0.25) is 4.79 Å². The summed E-state index contributed by atoms with van der Waals surface area (Å²) in [5.74, 6) is 1.15. The number of piperazine rings is 1. The van der Waals surface area contributed by atoms with Crippen LogP contribution in [-0.2, 0) is 6.18 Å². The van der Waals surface area contributed by atoms with Crippen LogP contribution in [0, 0.1) is 6.92 Å². The highest BCUT2D eigenvalue weighted by Gasteiger charge is 2.31. The molecule has 1 amide bonds. The third kappa shape index (κ3) is 4.73. The summed E-state index contributed by atoms with van der Waals surface area (Å²) >= 11 is 0. The molecule has 4 heterocycles. The predicted molar refractivity (Wildman–Crippen MR) is 112 cm³/mol. The smallest absolute Gasteiger partial charge is 0.417 e. The van der Waals surface area contributed by atoms with Gasteiger partial charge in [0.15, 0.2) is 5.82 Å². The zero-order chi connectivity index (χ0) is 23.6. The molecule has 0 bridgehead atoms. The molecule has 3 aromatic heterocycles. The first-order valence-electron chi connectivity index (χ1n) is 10.4. The van der Waals surface area contributed by atoms with Gasteiger partial charge >= 0.3 is 6.18 Å². The fourth-order valence-corrected chi connectivity index (χ4v) is 3.55. The quantitative estimate of drug-likeness (QED) is 0.577. The molecule has 9 nitrogen and oxygen atoms in total. The van der Waals surface area contributed by atoms with E-state index in [0.717, 1.165) is 12.3 Å². The lowest BCUT2D eigenvalue weighted by atomic mass is 10.2. The molecule has 33 heavy (non-hydrogen) atoms. The highest BCUT2D eigenvalue weighted by molar-refractivity contribution is 5.95. The van der Waals surface area contributed by atoms with Crippen LogP contribution in [0.3, 0.4) is 0 Å². The van der Waals surface area contributed by atoms with Gasteiger partial charge in [0.05, 0.1) is 29.6 Å². The topological polar surface area (TPSA) is 89.3 Å². The van der Waals surface area contributed by atoms with Crippen molar-refractivity contribution in [2.45, 2.75) is 20.0 Å². The van der Waals surface area contributed by atoms with Gasteiger partial charge in [-0.25, -0.2) is 9.67 Å². The maximum atomic E-state index is 13.1. The number of rotatable bonds is 5. The first-order chi connectivity index (χ1) is 15.8. The molecule has 4 rings (SSSR count). The van der Waals surface area contributed by atoms with E-state index < -0.39 is 11.7 Å². The number of carbonyl (C=O) groups is 1. The van der Waals surface area contributed by atoms with Gasteiger partial charge in [0.1, 0.15) is 5.82 Å². The molecule has 3 aromatic rings. The van der Waals surface area contributed by atoms with E-state index in [1.807, 2.05) is 11.8 Å². The van der Waals surface area contributed by atoms with E-state index >= 15 is 0 Å². The highest BCUT2D eigenvalue weighted by atomic mass is 19.4. The van der Waals surface area contributed by atoms with Crippen molar-refractivity contribution >= 4 is 11.7 Å². The van der Waals surface area contributed by atoms with Crippen LogP contribution >= 0.6 is 0 Å². The van der Waals surface area contributed by atoms with Gasteiger partial charge < -0.3 is 14.5 Å². The Morgan fingerprint density at radius 3 is 2.33 bits per heavy atom. The Balaban J connectivity index is 1.41. The van der Waals surface area contributed by atoms with Crippen molar-refractivity contribution in [3.05, 3.63) is 53.5 Å². The van der Waals surface area contributed by atoms with E-state index in [4.69, 9.17) is 4.74 Å². The van der Waals surface area contributed by atoms with Crippen LogP contribution < -0.4 is 9.64 Å². The number of hydrogen-bond donors (Lipinski definition) is 0. The minimum atomic E-state index is -4.42. The van der Waals surface area contributed by atoms with E-state index in [1.54, 1.807) is 28.6 Å². The average molecular weight is 461 g/mol. The molecule has 0 aliphatic carbocycles. The van der Waals surface area contributed by atoms with Gasteiger partial charge in [-0.2, -0.15) is 18.3 Å². The Morgan fingerprint density at radius 1 is 1.03 bits per heavy atom. The van der Waals surface area contributed by atoms with Crippen molar-refractivity contribution in [3.8, 4) is 11.7 Å². The number of alkyl halides is 3. The normalized spacial score (nSPS) is 14.5. The van der Waals surface area contributed by atoms with Gasteiger partial charge in [0.25, 0.3) is 5.91 Å². The van der Waals surface area contributed by atoms with Gasteiger partial charge in [0, 0.05) is 38.4 Å². The van der Waals surface area contributed by atoms with Crippen LogP contribution in [0.5, 0.6) is 5.88 Å². The molecule has 12 heteroatoms. The number of nitrogens with zero attached hydrogens (tertiary/aromatic N) is 7. The molecule has 0 N–H and O–H groups in total. The maximum Gasteiger partial charge on any atom is 0.417 e. The van der Waals surface area contributed by atoms with Crippen molar-refractivity contribution in [2.75, 3.05) is 37.7 Å². The van der Waals surface area contributed by atoms with Gasteiger partial charge in [-0.1, -0.05) is 0 Å². The lowest BCUT2D eigenvalue weighted by molar-refractivity contribution is -0.137. The number of hydrogen-bond acceptors (Lipinski definition) is 7. The summed E-state index contributed by atoms with van der Waals surface area (Å²) in [4.78, 5) is 20.5. The summed E-state index contributed by atoms with van der Waals surface area (Å²) in [6, 6.07) is 5.76. The summed E-state index contributed by atoms with van der Waals surface area (Å²) in [5, 5.41) is 12.4. The Hall–Kier alpha value is -3.70. The number of halogens is 3. The number of amides is 1. The van der Waals surface area contributed by atoms with Crippen LogP contribution in [0.1, 0.15) is 28.5 Å². The molecule has 0 radical (unpaired) electrons. The van der Waals surface area contributed by atoms with Crippen LogP contribution in [0.15, 0.2) is 36.7 Å². The lowest BCUT2D eigenvalue weighted by Crippen LogP contribution is -2.49. The zero-order valence-corrected chi connectivity index (χ0v) is 18.1. The molecular weight excluding hydrogens is 439 g/mol. The van der Waals surface area contributed by atoms with Gasteiger partial charge in [-0.05, 0) is 32.0 Å². The minimum Gasteiger partial charge on any atom is -0.477 e. The molecule has 1 aliphatic heterocycles. The number of aromatic nitrogens is 5. The molecule has 0 atom stereocenters. The fraction of sp³-hybridized carbons (Fsp3) is 0.381. The van der Waals surface area contributed by atoms with Crippen LogP contribution in [0.25, 0.3) is 5.82 Å². The molecule has 1 aliphatic rings. The predicted octanol–water partition coefficient (Wildman–Crippen LogP) is 2.75. The number of carbonyl (C=O) groups excluding carboxylic acids is 1. The van der Waals surface area contributed by atoms with E-state index in [2.05, 4.69) is 20.3 Å². The lowest BCUT2D eigenvalue weighted by Gasteiger charge is -2.35. The van der Waals surface area contributed by atoms with Gasteiger partial charge in [-0.15, -0.1) is 10.2 Å². The second-order valence-electron chi connectivity index (χ2n) is 7.40. The van der Waals surface area contributed by atoms with Gasteiger partial charge in [0.2, 0.25) is 5.88 Å². The van der Waals surface area contributed by atoms with Crippen LogP contribution in [0.4, 0.5) is 19.0 Å². The first kappa shape index (κ1) is 22.5. The van der Waals surface area contributed by atoms with E-state index in [0.29, 0.717) is 61.6 Å². The maximum absolute atomic E-state index is 13.1. The molecule has 0 saturated carbocycles. The Bertz CT molecular complexity index is 1110. The summed E-state index contributed by atoms with van der Waals surface area (Å²) in [6.45, 7) is 5.86. The van der Waals surface area contributed by atoms with Crippen molar-refractivity contribution in [2.24, 2.45) is 0 Å². The van der Waals surface area contributed by atoms with Crippen LogP contribution in [0.2, 0.25) is 0 Å². The minimum absolute atomic E-state index is 0.169.